The Hall–Kier alpha value is -1.81. The third-order valence-electron chi connectivity index (χ3n) is 5.54. The smallest absolute Gasteiger partial charge is 0.128 e. The number of fused-ring (bicyclic) bond motifs is 4. The first kappa shape index (κ1) is 15.7. The molecule has 0 aromatic heterocycles. The van der Waals surface area contributed by atoms with Gasteiger partial charge in [-0.15, -0.1) is 11.8 Å². The summed E-state index contributed by atoms with van der Waals surface area (Å²) < 4.78 is 11.7. The number of hydrogen-bond acceptors (Lipinski definition) is 4. The molecule has 0 bridgehead atoms. The molecule has 24 heavy (non-hydrogen) atoms. The van der Waals surface area contributed by atoms with Crippen molar-refractivity contribution in [1.29, 1.82) is 0 Å². The maximum atomic E-state index is 6.12. The zero-order valence-corrected chi connectivity index (χ0v) is 15.4. The van der Waals surface area contributed by atoms with E-state index in [0.717, 1.165) is 17.1 Å². The Morgan fingerprint density at radius 2 is 2.08 bits per heavy atom. The minimum absolute atomic E-state index is 0.0233. The highest BCUT2D eigenvalue weighted by Crippen LogP contribution is 2.54. The van der Waals surface area contributed by atoms with Crippen LogP contribution in [0, 0.1) is 5.92 Å². The molecule has 1 N–H and O–H groups in total. The van der Waals surface area contributed by atoms with Gasteiger partial charge >= 0.3 is 0 Å². The van der Waals surface area contributed by atoms with Crippen molar-refractivity contribution in [2.75, 3.05) is 25.3 Å². The van der Waals surface area contributed by atoms with E-state index in [-0.39, 0.29) is 11.5 Å². The number of benzene rings is 2. The topological polar surface area (TPSA) is 30.5 Å². The molecule has 2 atom stereocenters. The van der Waals surface area contributed by atoms with Crippen LogP contribution in [0.15, 0.2) is 41.3 Å². The molecule has 0 saturated carbocycles. The first-order valence-corrected chi connectivity index (χ1v) is 9.53. The van der Waals surface area contributed by atoms with E-state index in [0.29, 0.717) is 12.5 Å². The number of thioether (sulfide) groups is 1. The van der Waals surface area contributed by atoms with Crippen LogP contribution in [0.5, 0.6) is 11.5 Å². The molecule has 0 aliphatic carbocycles. The summed E-state index contributed by atoms with van der Waals surface area (Å²) in [5, 5.41) is 3.77. The molecule has 3 nitrogen and oxygen atoms in total. The molecule has 0 radical (unpaired) electrons. The van der Waals surface area contributed by atoms with Crippen LogP contribution in [0.1, 0.15) is 31.0 Å². The Kier molecular flexibility index (Phi) is 3.68. The van der Waals surface area contributed by atoms with Gasteiger partial charge < -0.3 is 14.8 Å². The van der Waals surface area contributed by atoms with E-state index >= 15 is 0 Å². The molecule has 0 fully saturated rings. The minimum atomic E-state index is 0.0233. The predicted molar refractivity (Wildman–Crippen MR) is 99.6 cm³/mol. The fourth-order valence-electron chi connectivity index (χ4n) is 4.09. The van der Waals surface area contributed by atoms with Gasteiger partial charge in [0.2, 0.25) is 0 Å². The summed E-state index contributed by atoms with van der Waals surface area (Å²) in [7, 11) is 1.73. The third-order valence-corrected chi connectivity index (χ3v) is 6.26. The van der Waals surface area contributed by atoms with E-state index in [4.69, 9.17) is 9.47 Å². The zero-order chi connectivity index (χ0) is 16.9. The van der Waals surface area contributed by atoms with Crippen LogP contribution >= 0.6 is 11.8 Å². The summed E-state index contributed by atoms with van der Waals surface area (Å²) in [4.78, 5) is 1.30. The highest BCUT2D eigenvalue weighted by Gasteiger charge is 2.47. The Morgan fingerprint density at radius 1 is 1.25 bits per heavy atom. The highest BCUT2D eigenvalue weighted by atomic mass is 32.2. The van der Waals surface area contributed by atoms with Crippen LogP contribution in [0.2, 0.25) is 0 Å². The summed E-state index contributed by atoms with van der Waals surface area (Å²) in [6.07, 6.45) is 2.12. The van der Waals surface area contributed by atoms with Gasteiger partial charge in [0.25, 0.3) is 0 Å². The number of rotatable bonds is 2. The fourth-order valence-corrected chi connectivity index (χ4v) is 4.53. The van der Waals surface area contributed by atoms with Gasteiger partial charge in [-0.25, -0.2) is 0 Å². The van der Waals surface area contributed by atoms with Crippen molar-refractivity contribution in [1.82, 2.24) is 0 Å². The molecule has 4 rings (SSSR count). The summed E-state index contributed by atoms with van der Waals surface area (Å²) in [6, 6.07) is 13.0. The second-order valence-corrected chi connectivity index (χ2v) is 7.92. The molecule has 4 heteroatoms. The predicted octanol–water partition coefficient (Wildman–Crippen LogP) is 4.87. The van der Waals surface area contributed by atoms with Crippen molar-refractivity contribution in [3.05, 3.63) is 47.5 Å². The first-order valence-electron chi connectivity index (χ1n) is 8.31. The molecule has 2 aromatic carbocycles. The molecular weight excluding hydrogens is 318 g/mol. The number of ether oxygens (including phenoxy) is 2. The lowest BCUT2D eigenvalue weighted by Gasteiger charge is -2.48. The molecule has 2 heterocycles. The number of anilines is 1. The van der Waals surface area contributed by atoms with Crippen LogP contribution in [0.25, 0.3) is 0 Å². The molecule has 2 aliphatic rings. The maximum absolute atomic E-state index is 6.12. The second-order valence-electron chi connectivity index (χ2n) is 7.04. The Labute approximate surface area is 147 Å². The zero-order valence-electron chi connectivity index (χ0n) is 14.6. The minimum Gasteiger partial charge on any atom is -0.496 e. The van der Waals surface area contributed by atoms with Crippen LogP contribution < -0.4 is 14.8 Å². The lowest BCUT2D eigenvalue weighted by Crippen LogP contribution is -2.46. The molecule has 0 unspecified atom stereocenters. The van der Waals surface area contributed by atoms with Crippen molar-refractivity contribution in [3.8, 4) is 11.5 Å². The second kappa shape index (κ2) is 5.62. The summed E-state index contributed by atoms with van der Waals surface area (Å²) >= 11 is 1.79. The standard InChI is InChI=1S/C20H23NO2S/c1-20(2)13-10-12(24-4)8-9-15(13)21-19-14(20)11-23-17-7-5-6-16(22-3)18(17)19/h5-10,14,19,21H,11H2,1-4H3/t14-,19-/m0/s1. The normalized spacial score (nSPS) is 23.2. The van der Waals surface area contributed by atoms with Gasteiger partial charge in [0.05, 0.1) is 25.3 Å². The lowest BCUT2D eigenvalue weighted by molar-refractivity contribution is 0.133. The van der Waals surface area contributed by atoms with Gasteiger partial charge in [-0.1, -0.05) is 19.9 Å². The lowest BCUT2D eigenvalue weighted by atomic mass is 9.65. The highest BCUT2D eigenvalue weighted by molar-refractivity contribution is 7.98. The molecule has 126 valence electrons. The van der Waals surface area contributed by atoms with E-state index in [2.05, 4.69) is 43.6 Å². The summed E-state index contributed by atoms with van der Waals surface area (Å²) in [5.41, 5.74) is 3.76. The molecular formula is C20H23NO2S. The monoisotopic (exact) mass is 341 g/mol. The van der Waals surface area contributed by atoms with Crippen LogP contribution in [0.4, 0.5) is 5.69 Å². The van der Waals surface area contributed by atoms with Crippen LogP contribution in [-0.2, 0) is 5.41 Å². The van der Waals surface area contributed by atoms with E-state index in [1.54, 1.807) is 18.9 Å². The number of hydrogen-bond donors (Lipinski definition) is 1. The van der Waals surface area contributed by atoms with Crippen LogP contribution in [0.3, 0.4) is 0 Å². The molecule has 2 aromatic rings. The molecule has 0 spiro atoms. The van der Waals surface area contributed by atoms with Gasteiger partial charge in [-0.3, -0.25) is 0 Å². The van der Waals surface area contributed by atoms with Gasteiger partial charge in [-0.05, 0) is 42.2 Å². The SMILES string of the molecule is COc1cccc2c1[C@H]1Nc3ccc(SC)cc3C(C)(C)[C@H]1CO2. The maximum Gasteiger partial charge on any atom is 0.128 e. The van der Waals surface area contributed by atoms with Gasteiger partial charge in [-0.2, -0.15) is 0 Å². The Bertz CT molecular complexity index is 773. The summed E-state index contributed by atoms with van der Waals surface area (Å²) in [5.74, 6) is 2.18. The van der Waals surface area contributed by atoms with E-state index < -0.39 is 0 Å². The van der Waals surface area contributed by atoms with E-state index in [1.807, 2.05) is 18.2 Å². The van der Waals surface area contributed by atoms with Crippen molar-refractivity contribution >= 4 is 17.4 Å². The van der Waals surface area contributed by atoms with E-state index in [9.17, 15) is 0 Å². The van der Waals surface area contributed by atoms with Gasteiger partial charge in [0.15, 0.2) is 0 Å². The van der Waals surface area contributed by atoms with Crippen molar-refractivity contribution < 1.29 is 9.47 Å². The number of nitrogens with one attached hydrogen (secondary N) is 1. The first-order chi connectivity index (χ1) is 11.6. The summed E-state index contributed by atoms with van der Waals surface area (Å²) in [6.45, 7) is 5.38. The molecule has 0 saturated heterocycles. The quantitative estimate of drug-likeness (QED) is 0.790. The fraction of sp³-hybridized carbons (Fsp3) is 0.400. The van der Waals surface area contributed by atoms with Crippen molar-refractivity contribution in [2.24, 2.45) is 5.92 Å². The Balaban J connectivity index is 1.87. The van der Waals surface area contributed by atoms with Crippen LogP contribution in [-0.4, -0.2) is 20.0 Å². The largest absolute Gasteiger partial charge is 0.496 e. The van der Waals surface area contributed by atoms with Gasteiger partial charge in [0, 0.05) is 21.9 Å². The number of methoxy groups -OCH3 is 1. The van der Waals surface area contributed by atoms with E-state index in [1.165, 1.54) is 16.1 Å². The average Bonchev–Trinajstić information content (AvgIpc) is 2.60. The third kappa shape index (κ3) is 2.20. The Morgan fingerprint density at radius 3 is 2.83 bits per heavy atom. The average molecular weight is 341 g/mol. The van der Waals surface area contributed by atoms with Crippen molar-refractivity contribution in [2.45, 2.75) is 30.2 Å². The van der Waals surface area contributed by atoms with Gasteiger partial charge in [0.1, 0.15) is 11.5 Å². The molecule has 2 aliphatic heterocycles. The molecule has 0 amide bonds. The van der Waals surface area contributed by atoms with Crippen molar-refractivity contribution in [3.63, 3.8) is 0 Å².